The van der Waals surface area contributed by atoms with Gasteiger partial charge in [0.1, 0.15) is 5.75 Å². The molecule has 12 heavy (non-hydrogen) atoms. The first-order valence-electron chi connectivity index (χ1n) is 3.39. The van der Waals surface area contributed by atoms with Crippen LogP contribution in [0.4, 0.5) is 0 Å². The Bertz CT molecular complexity index is 199. The number of para-hydroxylation sites is 1. The molecule has 0 saturated heterocycles. The standard InChI is InChI=1S/C8H10O.CH4O.H2O/c1-7-5-3-4-6-8(7)9-2;1-2;/h3-6H,1-2H3;2H,1H3;1H2. The molecule has 0 heterocycles. The highest BCUT2D eigenvalue weighted by Crippen LogP contribution is 2.14. The zero-order chi connectivity index (χ0) is 8.69. The van der Waals surface area contributed by atoms with E-state index in [1.54, 1.807) is 7.11 Å². The molecule has 0 saturated carbocycles. The molecule has 0 unspecified atom stereocenters. The van der Waals surface area contributed by atoms with E-state index in [0.29, 0.717) is 0 Å². The number of rotatable bonds is 1. The normalized spacial score (nSPS) is 7.33. The molecule has 70 valence electrons. The van der Waals surface area contributed by atoms with Gasteiger partial charge < -0.3 is 15.3 Å². The van der Waals surface area contributed by atoms with Gasteiger partial charge in [0.15, 0.2) is 0 Å². The quantitative estimate of drug-likeness (QED) is 0.680. The predicted molar refractivity (Wildman–Crippen MR) is 49.5 cm³/mol. The van der Waals surface area contributed by atoms with Gasteiger partial charge in [-0.15, -0.1) is 0 Å². The Hall–Kier alpha value is -1.06. The fraction of sp³-hybridized carbons (Fsp3) is 0.333. The second kappa shape index (κ2) is 8.04. The van der Waals surface area contributed by atoms with Gasteiger partial charge in [0, 0.05) is 7.11 Å². The highest BCUT2D eigenvalue weighted by Gasteiger charge is 1.90. The second-order valence-electron chi connectivity index (χ2n) is 1.97. The van der Waals surface area contributed by atoms with Crippen LogP contribution >= 0.6 is 0 Å². The second-order valence-corrected chi connectivity index (χ2v) is 1.97. The van der Waals surface area contributed by atoms with Crippen molar-refractivity contribution in [1.29, 1.82) is 0 Å². The summed E-state index contributed by atoms with van der Waals surface area (Å²) >= 11 is 0. The Morgan fingerprint density at radius 2 is 1.67 bits per heavy atom. The monoisotopic (exact) mass is 172 g/mol. The molecule has 0 aliphatic heterocycles. The molecule has 0 atom stereocenters. The molecule has 0 radical (unpaired) electrons. The van der Waals surface area contributed by atoms with Crippen molar-refractivity contribution < 1.29 is 15.3 Å². The molecule has 0 fully saturated rings. The summed E-state index contributed by atoms with van der Waals surface area (Å²) in [6, 6.07) is 7.94. The van der Waals surface area contributed by atoms with Crippen LogP contribution in [0.2, 0.25) is 0 Å². The molecule has 3 N–H and O–H groups in total. The summed E-state index contributed by atoms with van der Waals surface area (Å²) in [4.78, 5) is 0. The molecule has 1 aromatic carbocycles. The fourth-order valence-corrected chi connectivity index (χ4v) is 0.785. The molecular weight excluding hydrogens is 156 g/mol. The SMILES string of the molecule is CO.COc1ccccc1C.O. The lowest BCUT2D eigenvalue weighted by Crippen LogP contribution is -1.84. The smallest absolute Gasteiger partial charge is 0.121 e. The maximum Gasteiger partial charge on any atom is 0.121 e. The number of ether oxygens (including phenoxy) is 1. The van der Waals surface area contributed by atoms with Gasteiger partial charge in [0.05, 0.1) is 7.11 Å². The first kappa shape index (κ1) is 13.5. The minimum atomic E-state index is 0. The summed E-state index contributed by atoms with van der Waals surface area (Å²) in [5, 5.41) is 7.00. The number of methoxy groups -OCH3 is 1. The largest absolute Gasteiger partial charge is 0.496 e. The fourth-order valence-electron chi connectivity index (χ4n) is 0.785. The van der Waals surface area contributed by atoms with Crippen molar-refractivity contribution in [3.8, 4) is 5.75 Å². The van der Waals surface area contributed by atoms with Gasteiger partial charge in [0.2, 0.25) is 0 Å². The van der Waals surface area contributed by atoms with Gasteiger partial charge in [-0.05, 0) is 18.6 Å². The van der Waals surface area contributed by atoms with Crippen molar-refractivity contribution >= 4 is 0 Å². The van der Waals surface area contributed by atoms with Crippen molar-refractivity contribution in [1.82, 2.24) is 0 Å². The highest BCUT2D eigenvalue weighted by atomic mass is 16.5. The first-order chi connectivity index (χ1) is 5.34. The minimum Gasteiger partial charge on any atom is -0.496 e. The Labute approximate surface area is 72.9 Å². The van der Waals surface area contributed by atoms with Gasteiger partial charge in [0.25, 0.3) is 0 Å². The van der Waals surface area contributed by atoms with Crippen molar-refractivity contribution in [2.45, 2.75) is 6.92 Å². The molecule has 0 amide bonds. The minimum absolute atomic E-state index is 0. The first-order valence-corrected chi connectivity index (χ1v) is 3.39. The third-order valence-electron chi connectivity index (χ3n) is 1.31. The van der Waals surface area contributed by atoms with Gasteiger partial charge >= 0.3 is 0 Å². The van der Waals surface area contributed by atoms with E-state index in [4.69, 9.17) is 9.84 Å². The van der Waals surface area contributed by atoms with Crippen LogP contribution < -0.4 is 4.74 Å². The number of hydrogen-bond acceptors (Lipinski definition) is 2. The number of hydrogen-bond donors (Lipinski definition) is 1. The summed E-state index contributed by atoms with van der Waals surface area (Å²) in [7, 11) is 2.68. The summed E-state index contributed by atoms with van der Waals surface area (Å²) in [5.74, 6) is 0.956. The van der Waals surface area contributed by atoms with Crippen LogP contribution in [-0.2, 0) is 0 Å². The van der Waals surface area contributed by atoms with Crippen LogP contribution in [0.1, 0.15) is 5.56 Å². The van der Waals surface area contributed by atoms with Crippen LogP contribution in [0.3, 0.4) is 0 Å². The third kappa shape index (κ3) is 3.95. The summed E-state index contributed by atoms with van der Waals surface area (Å²) in [5.41, 5.74) is 1.18. The number of aliphatic hydroxyl groups excluding tert-OH is 1. The zero-order valence-corrected chi connectivity index (χ0v) is 7.66. The van der Waals surface area contributed by atoms with Gasteiger partial charge in [-0.2, -0.15) is 0 Å². The summed E-state index contributed by atoms with van der Waals surface area (Å²) in [6.07, 6.45) is 0. The lowest BCUT2D eigenvalue weighted by atomic mass is 10.2. The van der Waals surface area contributed by atoms with Crippen molar-refractivity contribution in [2.75, 3.05) is 14.2 Å². The lowest BCUT2D eigenvalue weighted by Gasteiger charge is -2.00. The van der Waals surface area contributed by atoms with Crippen LogP contribution in [-0.4, -0.2) is 24.8 Å². The van der Waals surface area contributed by atoms with Gasteiger partial charge in [-0.3, -0.25) is 0 Å². The number of aliphatic hydroxyl groups is 1. The zero-order valence-electron chi connectivity index (χ0n) is 7.66. The number of benzene rings is 1. The highest BCUT2D eigenvalue weighted by molar-refractivity contribution is 5.31. The van der Waals surface area contributed by atoms with E-state index in [1.807, 2.05) is 31.2 Å². The maximum absolute atomic E-state index is 7.00. The van der Waals surface area contributed by atoms with E-state index in [-0.39, 0.29) is 5.48 Å². The van der Waals surface area contributed by atoms with Crippen molar-refractivity contribution in [3.63, 3.8) is 0 Å². The van der Waals surface area contributed by atoms with Crippen molar-refractivity contribution in [2.24, 2.45) is 0 Å². The lowest BCUT2D eigenvalue weighted by molar-refractivity contribution is 0.399. The molecule has 0 spiro atoms. The van der Waals surface area contributed by atoms with Gasteiger partial charge in [-0.1, -0.05) is 18.2 Å². The van der Waals surface area contributed by atoms with E-state index in [1.165, 1.54) is 5.56 Å². The molecule has 1 aromatic rings. The Balaban J connectivity index is 0. The van der Waals surface area contributed by atoms with Gasteiger partial charge in [-0.25, -0.2) is 0 Å². The predicted octanol–water partition coefficient (Wildman–Crippen LogP) is 0.787. The third-order valence-corrected chi connectivity index (χ3v) is 1.31. The van der Waals surface area contributed by atoms with E-state index < -0.39 is 0 Å². The molecule has 0 aliphatic rings. The Kier molecular flexibility index (Phi) is 9.06. The van der Waals surface area contributed by atoms with E-state index in [2.05, 4.69) is 0 Å². The van der Waals surface area contributed by atoms with E-state index in [9.17, 15) is 0 Å². The van der Waals surface area contributed by atoms with Crippen molar-refractivity contribution in [3.05, 3.63) is 29.8 Å². The topological polar surface area (TPSA) is 61.0 Å². The molecule has 0 aromatic heterocycles. The maximum atomic E-state index is 7.00. The van der Waals surface area contributed by atoms with Crippen LogP contribution in [0, 0.1) is 6.92 Å². The van der Waals surface area contributed by atoms with Crippen LogP contribution in [0.15, 0.2) is 24.3 Å². The Morgan fingerprint density at radius 1 is 1.17 bits per heavy atom. The summed E-state index contributed by atoms with van der Waals surface area (Å²) < 4.78 is 5.04. The summed E-state index contributed by atoms with van der Waals surface area (Å²) in [6.45, 7) is 2.03. The molecule has 3 nitrogen and oxygen atoms in total. The van der Waals surface area contributed by atoms with E-state index >= 15 is 0 Å². The molecular formula is C9H16O3. The molecule has 3 heteroatoms. The van der Waals surface area contributed by atoms with E-state index in [0.717, 1.165) is 12.9 Å². The molecule has 0 aliphatic carbocycles. The molecule has 0 bridgehead atoms. The van der Waals surface area contributed by atoms with Crippen LogP contribution in [0.25, 0.3) is 0 Å². The Morgan fingerprint density at radius 3 is 2.00 bits per heavy atom. The average Bonchev–Trinajstić information content (AvgIpc) is 2.09. The molecule has 1 rings (SSSR count). The van der Waals surface area contributed by atoms with Crippen LogP contribution in [0.5, 0.6) is 5.75 Å². The number of aryl methyl sites for hydroxylation is 1. The average molecular weight is 172 g/mol.